The zero-order valence-corrected chi connectivity index (χ0v) is 8.80. The number of hydrogen-bond donors (Lipinski definition) is 1. The van der Waals surface area contributed by atoms with Crippen molar-refractivity contribution in [3.8, 4) is 0 Å². The predicted molar refractivity (Wildman–Crippen MR) is 49.8 cm³/mol. The standard InChI is InChI=1S/C6H14FNO2PS/c1-11(4-2-3-5-11)6-8-12(7,9)10/h8H,2-6H2,1H3/q+1. The number of rotatable bonds is 3. The second-order valence-electron chi connectivity index (χ2n) is 3.51. The van der Waals surface area contributed by atoms with Gasteiger partial charge in [-0.25, -0.2) is 0 Å². The zero-order chi connectivity index (χ0) is 9.24. The molecule has 1 aliphatic heterocycles. The monoisotopic (exact) mass is 214 g/mol. The van der Waals surface area contributed by atoms with Crippen LogP contribution in [0.5, 0.6) is 0 Å². The molecule has 0 aromatic carbocycles. The van der Waals surface area contributed by atoms with E-state index >= 15 is 0 Å². The van der Waals surface area contributed by atoms with E-state index in [9.17, 15) is 12.3 Å². The van der Waals surface area contributed by atoms with E-state index in [1.807, 2.05) is 4.72 Å². The lowest BCUT2D eigenvalue weighted by molar-refractivity contribution is 0.541. The van der Waals surface area contributed by atoms with Crippen molar-refractivity contribution in [1.29, 1.82) is 0 Å². The fraction of sp³-hybridized carbons (Fsp3) is 1.00. The molecular weight excluding hydrogens is 200 g/mol. The van der Waals surface area contributed by atoms with Crippen molar-refractivity contribution in [1.82, 2.24) is 4.72 Å². The molecule has 6 heteroatoms. The van der Waals surface area contributed by atoms with Gasteiger partial charge in [0, 0.05) is 7.26 Å². The SMILES string of the molecule is C[P+]1(CNS(=O)(=O)F)CCCC1. The first-order chi connectivity index (χ1) is 5.41. The van der Waals surface area contributed by atoms with Gasteiger partial charge in [0.1, 0.15) is 6.29 Å². The van der Waals surface area contributed by atoms with Gasteiger partial charge in [-0.15, -0.1) is 0 Å². The van der Waals surface area contributed by atoms with Crippen molar-refractivity contribution in [2.24, 2.45) is 0 Å². The Morgan fingerprint density at radius 3 is 2.33 bits per heavy atom. The van der Waals surface area contributed by atoms with Crippen LogP contribution in [0, 0.1) is 0 Å². The van der Waals surface area contributed by atoms with Gasteiger partial charge >= 0.3 is 10.4 Å². The first-order valence-electron chi connectivity index (χ1n) is 3.94. The molecule has 0 aromatic heterocycles. The van der Waals surface area contributed by atoms with Crippen LogP contribution in [0.25, 0.3) is 0 Å². The maximum absolute atomic E-state index is 12.1. The Bertz CT molecular complexity index is 248. The van der Waals surface area contributed by atoms with E-state index in [1.165, 1.54) is 0 Å². The molecule has 72 valence electrons. The van der Waals surface area contributed by atoms with Gasteiger partial charge in [-0.2, -0.15) is 13.1 Å². The van der Waals surface area contributed by atoms with Crippen molar-refractivity contribution in [2.75, 3.05) is 25.3 Å². The number of hydrogen-bond acceptors (Lipinski definition) is 2. The lowest BCUT2D eigenvalue weighted by Gasteiger charge is -2.14. The normalized spacial score (nSPS) is 22.8. The molecule has 12 heavy (non-hydrogen) atoms. The summed E-state index contributed by atoms with van der Waals surface area (Å²) < 4.78 is 34.4. The van der Waals surface area contributed by atoms with Gasteiger partial charge in [-0.3, -0.25) is 0 Å². The van der Waals surface area contributed by atoms with Crippen molar-refractivity contribution in [3.63, 3.8) is 0 Å². The van der Waals surface area contributed by atoms with E-state index < -0.39 is 17.7 Å². The molecule has 0 bridgehead atoms. The summed E-state index contributed by atoms with van der Waals surface area (Å²) in [6.07, 6.45) is 4.85. The van der Waals surface area contributed by atoms with Crippen molar-refractivity contribution in [3.05, 3.63) is 0 Å². The molecule has 0 radical (unpaired) electrons. The Morgan fingerprint density at radius 1 is 1.42 bits per heavy atom. The predicted octanol–water partition coefficient (Wildman–Crippen LogP) is 1.19. The van der Waals surface area contributed by atoms with Gasteiger partial charge in [0.05, 0.1) is 19.0 Å². The summed E-state index contributed by atoms with van der Waals surface area (Å²) >= 11 is 0. The van der Waals surface area contributed by atoms with E-state index in [-0.39, 0.29) is 0 Å². The largest absolute Gasteiger partial charge is 0.375 e. The van der Waals surface area contributed by atoms with Crippen LogP contribution in [0.3, 0.4) is 0 Å². The molecular formula is C6H14FNO2PS+. The number of nitrogens with one attached hydrogen (secondary N) is 1. The average molecular weight is 214 g/mol. The minimum Gasteiger partial charge on any atom is -0.177 e. The Hall–Kier alpha value is 0.270. The minimum atomic E-state index is -4.47. The van der Waals surface area contributed by atoms with E-state index in [0.29, 0.717) is 6.29 Å². The molecule has 1 N–H and O–H groups in total. The summed E-state index contributed by atoms with van der Waals surface area (Å²) in [7, 11) is -5.62. The molecule has 0 spiro atoms. The smallest absolute Gasteiger partial charge is 0.177 e. The van der Waals surface area contributed by atoms with Crippen molar-refractivity contribution >= 4 is 17.7 Å². The Morgan fingerprint density at radius 2 is 1.92 bits per heavy atom. The molecule has 1 fully saturated rings. The second-order valence-corrected chi connectivity index (χ2v) is 9.13. The van der Waals surface area contributed by atoms with Crippen molar-refractivity contribution in [2.45, 2.75) is 12.8 Å². The highest BCUT2D eigenvalue weighted by Crippen LogP contribution is 2.59. The highest BCUT2D eigenvalue weighted by molar-refractivity contribution is 7.85. The molecule has 1 rings (SSSR count). The fourth-order valence-corrected chi connectivity index (χ4v) is 5.87. The van der Waals surface area contributed by atoms with Gasteiger partial charge in [0.25, 0.3) is 0 Å². The Kier molecular flexibility index (Phi) is 3.07. The molecule has 0 aliphatic carbocycles. The van der Waals surface area contributed by atoms with Crippen LogP contribution in [0.1, 0.15) is 12.8 Å². The topological polar surface area (TPSA) is 46.2 Å². The summed E-state index contributed by atoms with van der Waals surface area (Å²) in [6.45, 7) is 2.10. The minimum absolute atomic E-state index is 0.339. The fourth-order valence-electron chi connectivity index (χ4n) is 1.49. The van der Waals surface area contributed by atoms with Gasteiger partial charge < -0.3 is 0 Å². The third kappa shape index (κ3) is 3.33. The highest BCUT2D eigenvalue weighted by Gasteiger charge is 2.36. The summed E-state index contributed by atoms with van der Waals surface area (Å²) in [6, 6.07) is 0. The van der Waals surface area contributed by atoms with Gasteiger partial charge in [0.2, 0.25) is 0 Å². The zero-order valence-electron chi connectivity index (χ0n) is 7.09. The highest BCUT2D eigenvalue weighted by atomic mass is 32.3. The molecule has 0 saturated carbocycles. The molecule has 3 nitrogen and oxygen atoms in total. The molecule has 0 atom stereocenters. The van der Waals surface area contributed by atoms with E-state index in [4.69, 9.17) is 0 Å². The molecule has 1 aliphatic rings. The maximum Gasteiger partial charge on any atom is 0.375 e. The maximum atomic E-state index is 12.1. The quantitative estimate of drug-likeness (QED) is 0.566. The molecule has 0 amide bonds. The number of halogens is 1. The lowest BCUT2D eigenvalue weighted by atomic mass is 10.4. The van der Waals surface area contributed by atoms with E-state index in [0.717, 1.165) is 25.2 Å². The lowest BCUT2D eigenvalue weighted by Crippen LogP contribution is -2.22. The summed E-state index contributed by atoms with van der Waals surface area (Å²) in [4.78, 5) is 0. The van der Waals surface area contributed by atoms with Crippen LogP contribution in [-0.2, 0) is 10.4 Å². The summed E-state index contributed by atoms with van der Waals surface area (Å²) in [5, 5.41) is 0. The van der Waals surface area contributed by atoms with Crippen LogP contribution < -0.4 is 4.72 Å². The molecule has 1 saturated heterocycles. The summed E-state index contributed by atoms with van der Waals surface area (Å²) in [5.74, 6) is 0. The average Bonchev–Trinajstić information content (AvgIpc) is 2.32. The first kappa shape index (κ1) is 10.4. The van der Waals surface area contributed by atoms with Crippen molar-refractivity contribution < 1.29 is 12.3 Å². The molecule has 1 heterocycles. The Labute approximate surface area is 73.4 Å². The van der Waals surface area contributed by atoms with Crippen LogP contribution in [0.15, 0.2) is 0 Å². The first-order valence-corrected chi connectivity index (χ1v) is 8.12. The van der Waals surface area contributed by atoms with Gasteiger partial charge in [0.15, 0.2) is 0 Å². The molecule has 0 aromatic rings. The van der Waals surface area contributed by atoms with Crippen LogP contribution in [0.4, 0.5) is 3.89 Å². The van der Waals surface area contributed by atoms with Gasteiger partial charge in [-0.05, 0) is 12.8 Å². The Balaban J connectivity index is 2.41. The van der Waals surface area contributed by atoms with E-state index in [2.05, 4.69) is 6.66 Å². The third-order valence-corrected chi connectivity index (χ3v) is 6.68. The third-order valence-electron chi connectivity index (χ3n) is 2.26. The van der Waals surface area contributed by atoms with Gasteiger partial charge in [-0.1, -0.05) is 3.89 Å². The summed E-state index contributed by atoms with van der Waals surface area (Å²) in [5.41, 5.74) is 0. The van der Waals surface area contributed by atoms with Crippen LogP contribution in [0.2, 0.25) is 0 Å². The molecule has 0 unspecified atom stereocenters. The van der Waals surface area contributed by atoms with Crippen LogP contribution in [-0.4, -0.2) is 33.7 Å². The van der Waals surface area contributed by atoms with E-state index in [1.54, 1.807) is 0 Å². The second kappa shape index (κ2) is 3.56. The van der Waals surface area contributed by atoms with Crippen LogP contribution >= 0.6 is 7.26 Å².